The second-order valence-electron chi connectivity index (χ2n) is 2.44. The largest absolute Gasteiger partial charge is 0.504 e. The first-order chi connectivity index (χ1) is 6.69. The normalized spacial score (nSPS) is 10.2. The number of aromatic hydroxyl groups is 1. The van der Waals surface area contributed by atoms with Gasteiger partial charge in [-0.3, -0.25) is 4.18 Å². The summed E-state index contributed by atoms with van der Waals surface area (Å²) in [6, 6.07) is 3.05. The highest BCUT2D eigenvalue weighted by molar-refractivity contribution is 9.10. The minimum atomic E-state index is -0.213. The molecule has 0 amide bonds. The fraction of sp³-hybridized carbons (Fsp3) is 0.250. The van der Waals surface area contributed by atoms with Crippen LogP contribution in [0.1, 0.15) is 5.56 Å². The zero-order valence-corrected chi connectivity index (χ0v) is 9.69. The van der Waals surface area contributed by atoms with Gasteiger partial charge in [0.05, 0.1) is 13.7 Å². The Labute approximate surface area is 93.8 Å². The number of methoxy groups -OCH3 is 1. The van der Waals surface area contributed by atoms with E-state index in [-0.39, 0.29) is 24.8 Å². The summed E-state index contributed by atoms with van der Waals surface area (Å²) in [5.74, 6) is 0.353. The monoisotopic (exact) mass is 282 g/mol. The summed E-state index contributed by atoms with van der Waals surface area (Å²) in [4.78, 5) is 0. The minimum Gasteiger partial charge on any atom is -0.504 e. The third-order valence-corrected chi connectivity index (χ3v) is 2.55. The van der Waals surface area contributed by atoms with Crippen molar-refractivity contribution in [3.05, 3.63) is 22.2 Å². The zero-order valence-electron chi connectivity index (χ0n) is 7.29. The summed E-state index contributed by atoms with van der Waals surface area (Å²) in [6.45, 7) is 0.0688. The minimum absolute atomic E-state index is 0.00171. The van der Waals surface area contributed by atoms with Crippen LogP contribution in [0.5, 0.6) is 11.5 Å². The van der Waals surface area contributed by atoms with E-state index in [0.717, 1.165) is 0 Å². The van der Waals surface area contributed by atoms with E-state index in [4.69, 9.17) is 4.74 Å². The van der Waals surface area contributed by atoms with Gasteiger partial charge in [0.25, 0.3) is 0 Å². The molecular formula is C8H8BrFO3S. The Kier molecular flexibility index (Phi) is 4.50. The highest BCUT2D eigenvalue weighted by atomic mass is 79.9. The van der Waals surface area contributed by atoms with Crippen molar-refractivity contribution in [2.45, 2.75) is 6.61 Å². The Morgan fingerprint density at radius 3 is 2.86 bits per heavy atom. The predicted molar refractivity (Wildman–Crippen MR) is 55.8 cm³/mol. The molecule has 0 aliphatic rings. The highest BCUT2D eigenvalue weighted by Gasteiger charge is 2.08. The number of benzene rings is 1. The molecule has 1 rings (SSSR count). The van der Waals surface area contributed by atoms with Crippen LogP contribution >= 0.6 is 28.4 Å². The number of hydrogen-bond acceptors (Lipinski definition) is 4. The molecule has 3 nitrogen and oxygen atoms in total. The molecule has 14 heavy (non-hydrogen) atoms. The molecule has 6 heteroatoms. The summed E-state index contributed by atoms with van der Waals surface area (Å²) in [5.41, 5.74) is 0.647. The van der Waals surface area contributed by atoms with E-state index in [1.807, 2.05) is 0 Å². The second kappa shape index (κ2) is 5.43. The zero-order chi connectivity index (χ0) is 10.6. The van der Waals surface area contributed by atoms with Gasteiger partial charge < -0.3 is 9.84 Å². The Bertz CT molecular complexity index is 322. The molecule has 0 radical (unpaired) electrons. The van der Waals surface area contributed by atoms with Crippen LogP contribution in [0.15, 0.2) is 16.6 Å². The van der Waals surface area contributed by atoms with E-state index in [9.17, 15) is 8.99 Å². The van der Waals surface area contributed by atoms with Crippen LogP contribution in [0.25, 0.3) is 0 Å². The molecule has 1 N–H and O–H groups in total. The first-order valence-corrected chi connectivity index (χ1v) is 5.08. The number of phenols is 1. The first-order valence-electron chi connectivity index (χ1n) is 3.64. The summed E-state index contributed by atoms with van der Waals surface area (Å²) in [5, 5.41) is 9.41. The van der Waals surface area contributed by atoms with Crippen molar-refractivity contribution < 1.29 is 17.9 Å². The SMILES string of the molecule is COc1cc(Br)c(COSF)cc1O. The van der Waals surface area contributed by atoms with E-state index < -0.39 is 0 Å². The highest BCUT2D eigenvalue weighted by Crippen LogP contribution is 2.33. The molecule has 1 aromatic carbocycles. The van der Waals surface area contributed by atoms with Gasteiger partial charge in [-0.2, -0.15) is 0 Å². The van der Waals surface area contributed by atoms with Crippen LogP contribution in [0, 0.1) is 0 Å². The van der Waals surface area contributed by atoms with E-state index in [1.54, 1.807) is 6.07 Å². The number of rotatable bonds is 4. The fourth-order valence-corrected chi connectivity index (χ4v) is 1.56. The Morgan fingerprint density at radius 2 is 2.29 bits per heavy atom. The van der Waals surface area contributed by atoms with Gasteiger partial charge in [-0.05, 0) is 17.7 Å². The number of phenolic OH excluding ortho intramolecular Hbond substituents is 1. The number of hydrogen-bond donors (Lipinski definition) is 1. The molecule has 0 fully saturated rings. The third-order valence-electron chi connectivity index (χ3n) is 1.61. The van der Waals surface area contributed by atoms with E-state index in [2.05, 4.69) is 20.1 Å². The van der Waals surface area contributed by atoms with Crippen molar-refractivity contribution in [2.75, 3.05) is 7.11 Å². The van der Waals surface area contributed by atoms with Crippen LogP contribution in [-0.4, -0.2) is 12.2 Å². The van der Waals surface area contributed by atoms with Crippen molar-refractivity contribution >= 4 is 28.4 Å². The molecule has 0 heterocycles. The fourth-order valence-electron chi connectivity index (χ4n) is 0.947. The molecule has 0 aromatic heterocycles. The van der Waals surface area contributed by atoms with Crippen molar-refractivity contribution in [3.8, 4) is 11.5 Å². The molecule has 0 unspecified atom stereocenters. The van der Waals surface area contributed by atoms with E-state index in [0.29, 0.717) is 15.8 Å². The van der Waals surface area contributed by atoms with Crippen LogP contribution in [0.2, 0.25) is 0 Å². The maximum Gasteiger partial charge on any atom is 0.208 e. The molecule has 0 spiro atoms. The first kappa shape index (κ1) is 11.6. The average Bonchev–Trinajstić information content (AvgIpc) is 2.18. The quantitative estimate of drug-likeness (QED) is 0.861. The molecule has 0 saturated heterocycles. The smallest absolute Gasteiger partial charge is 0.208 e. The summed E-state index contributed by atoms with van der Waals surface area (Å²) in [7, 11) is 1.45. The lowest BCUT2D eigenvalue weighted by Gasteiger charge is -2.07. The summed E-state index contributed by atoms with van der Waals surface area (Å²) in [6.07, 6.45) is 0. The van der Waals surface area contributed by atoms with Gasteiger partial charge >= 0.3 is 0 Å². The lowest BCUT2D eigenvalue weighted by atomic mass is 10.2. The topological polar surface area (TPSA) is 38.7 Å². The van der Waals surface area contributed by atoms with Crippen molar-refractivity contribution in [3.63, 3.8) is 0 Å². The predicted octanol–water partition coefficient (Wildman–Crippen LogP) is 3.21. The Morgan fingerprint density at radius 1 is 1.57 bits per heavy atom. The van der Waals surface area contributed by atoms with Crippen molar-refractivity contribution in [1.82, 2.24) is 0 Å². The molecule has 78 valence electrons. The van der Waals surface area contributed by atoms with Gasteiger partial charge in [-0.25, -0.2) is 0 Å². The standard InChI is InChI=1S/C8H8BrFO3S/c1-12-8-3-6(9)5(2-7(8)11)4-13-14-10/h2-3,11H,4H2,1H3. The summed E-state index contributed by atoms with van der Waals surface area (Å²) < 4.78 is 21.7. The summed E-state index contributed by atoms with van der Waals surface area (Å²) >= 11 is 3.04. The van der Waals surface area contributed by atoms with E-state index in [1.165, 1.54) is 13.2 Å². The maximum atomic E-state index is 11.6. The van der Waals surface area contributed by atoms with Crippen LogP contribution < -0.4 is 4.74 Å². The van der Waals surface area contributed by atoms with Gasteiger partial charge in [-0.1, -0.05) is 15.9 Å². The van der Waals surface area contributed by atoms with Gasteiger partial charge in [0.2, 0.25) is 12.4 Å². The lowest BCUT2D eigenvalue weighted by molar-refractivity contribution is 0.344. The Hall–Kier alpha value is -0.460. The van der Waals surface area contributed by atoms with Gasteiger partial charge in [0, 0.05) is 4.47 Å². The molecule has 1 aromatic rings. The van der Waals surface area contributed by atoms with E-state index >= 15 is 0 Å². The molecule has 0 atom stereocenters. The van der Waals surface area contributed by atoms with Crippen LogP contribution in [0.3, 0.4) is 0 Å². The van der Waals surface area contributed by atoms with Crippen LogP contribution in [0.4, 0.5) is 3.89 Å². The number of ether oxygens (including phenoxy) is 1. The maximum absolute atomic E-state index is 11.6. The molecule has 0 aliphatic carbocycles. The lowest BCUT2D eigenvalue weighted by Crippen LogP contribution is -1.90. The molecular weight excluding hydrogens is 275 g/mol. The van der Waals surface area contributed by atoms with Crippen LogP contribution in [-0.2, 0) is 10.8 Å². The number of halogens is 2. The molecule has 0 bridgehead atoms. The van der Waals surface area contributed by atoms with Gasteiger partial charge in [0.15, 0.2) is 11.5 Å². The average molecular weight is 283 g/mol. The third kappa shape index (κ3) is 2.76. The molecule has 0 saturated carbocycles. The van der Waals surface area contributed by atoms with Gasteiger partial charge in [-0.15, -0.1) is 3.89 Å². The van der Waals surface area contributed by atoms with Crippen molar-refractivity contribution in [2.24, 2.45) is 0 Å². The second-order valence-corrected chi connectivity index (χ2v) is 3.66. The Balaban J connectivity index is 2.90. The van der Waals surface area contributed by atoms with Crippen molar-refractivity contribution in [1.29, 1.82) is 0 Å². The van der Waals surface area contributed by atoms with Gasteiger partial charge in [0.1, 0.15) is 0 Å². The molecule has 0 aliphatic heterocycles.